The summed E-state index contributed by atoms with van der Waals surface area (Å²) in [4.78, 5) is 14.2. The molecule has 1 aromatic heterocycles. The van der Waals surface area contributed by atoms with Crippen molar-refractivity contribution >= 4 is 11.7 Å². The van der Waals surface area contributed by atoms with Crippen molar-refractivity contribution in [1.82, 2.24) is 10.2 Å². The van der Waals surface area contributed by atoms with Crippen LogP contribution in [0, 0.1) is 0 Å². The van der Waals surface area contributed by atoms with Gasteiger partial charge >= 0.3 is 5.97 Å². The summed E-state index contributed by atoms with van der Waals surface area (Å²) >= 11 is 0. The number of esters is 1. The minimum Gasteiger partial charge on any atom is -0.469 e. The van der Waals surface area contributed by atoms with Crippen LogP contribution >= 0.6 is 0 Å². The Morgan fingerprint density at radius 3 is 2.87 bits per heavy atom. The number of nitrogens with zero attached hydrogens (tertiary/aromatic N) is 3. The molecule has 0 radical (unpaired) electrons. The first-order valence-corrected chi connectivity index (χ1v) is 7.84. The van der Waals surface area contributed by atoms with E-state index in [2.05, 4.69) is 15.1 Å². The average molecular weight is 315 g/mol. The Morgan fingerprint density at radius 1 is 1.39 bits per heavy atom. The van der Waals surface area contributed by atoms with Gasteiger partial charge in [0.25, 0.3) is 0 Å². The maximum absolute atomic E-state index is 12.0. The second-order valence-electron chi connectivity index (χ2n) is 6.03. The van der Waals surface area contributed by atoms with Crippen molar-refractivity contribution < 1.29 is 13.9 Å². The van der Waals surface area contributed by atoms with Crippen molar-refractivity contribution in [1.29, 1.82) is 0 Å². The first-order chi connectivity index (χ1) is 11.1. The number of fused-ring (bicyclic) bond motifs is 1. The Balaban J connectivity index is 1.84. The zero-order chi connectivity index (χ0) is 16.4. The monoisotopic (exact) mass is 315 g/mol. The number of benzene rings is 1. The normalized spacial score (nSPS) is 17.2. The number of anilines is 1. The van der Waals surface area contributed by atoms with Gasteiger partial charge in [-0.25, -0.2) is 0 Å². The van der Waals surface area contributed by atoms with E-state index in [0.717, 1.165) is 24.2 Å². The number of ether oxygens (including phenoxy) is 1. The Labute approximate surface area is 135 Å². The fourth-order valence-electron chi connectivity index (χ4n) is 2.91. The molecule has 0 saturated carbocycles. The molecule has 0 fully saturated rings. The molecule has 0 spiro atoms. The number of para-hydroxylation sites is 1. The summed E-state index contributed by atoms with van der Waals surface area (Å²) in [5.74, 6) is 1.07. The molecule has 1 aromatic carbocycles. The second kappa shape index (κ2) is 6.40. The third-order valence-electron chi connectivity index (χ3n) is 4.13. The third-order valence-corrected chi connectivity index (χ3v) is 4.13. The highest BCUT2D eigenvalue weighted by Crippen LogP contribution is 2.36. The Hall–Kier alpha value is -2.37. The Morgan fingerprint density at radius 2 is 2.17 bits per heavy atom. The van der Waals surface area contributed by atoms with Crippen LogP contribution in [0.2, 0.25) is 0 Å². The van der Waals surface area contributed by atoms with E-state index < -0.39 is 0 Å². The number of carbonyl (C=O) groups excluding carboxylic acids is 1. The van der Waals surface area contributed by atoms with Gasteiger partial charge in [-0.05, 0) is 18.1 Å². The van der Waals surface area contributed by atoms with E-state index in [0.29, 0.717) is 18.3 Å². The van der Waals surface area contributed by atoms with Crippen molar-refractivity contribution in [3.05, 3.63) is 41.6 Å². The van der Waals surface area contributed by atoms with Gasteiger partial charge in [0.2, 0.25) is 11.8 Å². The molecular weight excluding hydrogens is 294 g/mol. The molecule has 2 aromatic rings. The van der Waals surface area contributed by atoms with Gasteiger partial charge in [0.05, 0.1) is 19.6 Å². The van der Waals surface area contributed by atoms with Gasteiger partial charge in [0, 0.05) is 18.2 Å². The molecule has 0 amide bonds. The second-order valence-corrected chi connectivity index (χ2v) is 6.03. The number of methoxy groups -OCH3 is 1. The van der Waals surface area contributed by atoms with Crippen molar-refractivity contribution in [2.75, 3.05) is 18.6 Å². The molecule has 0 unspecified atom stereocenters. The number of hydrogen-bond donors (Lipinski definition) is 0. The first-order valence-electron chi connectivity index (χ1n) is 7.84. The lowest BCUT2D eigenvalue weighted by molar-refractivity contribution is -0.142. The Bertz CT molecular complexity index is 696. The lowest BCUT2D eigenvalue weighted by Gasteiger charge is -2.33. The molecule has 1 aliphatic rings. The van der Waals surface area contributed by atoms with Crippen molar-refractivity contribution in [2.45, 2.75) is 38.6 Å². The summed E-state index contributed by atoms with van der Waals surface area (Å²) < 4.78 is 10.6. The largest absolute Gasteiger partial charge is 0.469 e. The standard InChI is InChI=1S/C17H21N3O3/c1-11(2)16-19-18-15(23-16)10-20-9-8-13(17(21)22-3)12-6-4-5-7-14(12)20/h4-7,11,13H,8-10H2,1-3H3/t13-/m0/s1. The lowest BCUT2D eigenvalue weighted by Crippen LogP contribution is -2.33. The minimum atomic E-state index is -0.207. The molecule has 0 aliphatic carbocycles. The van der Waals surface area contributed by atoms with E-state index in [1.54, 1.807) is 0 Å². The molecule has 23 heavy (non-hydrogen) atoms. The fraction of sp³-hybridized carbons (Fsp3) is 0.471. The third kappa shape index (κ3) is 3.06. The molecule has 0 saturated heterocycles. The topological polar surface area (TPSA) is 68.5 Å². The zero-order valence-corrected chi connectivity index (χ0v) is 13.7. The van der Waals surface area contributed by atoms with Crippen LogP contribution < -0.4 is 4.90 Å². The molecule has 0 bridgehead atoms. The lowest BCUT2D eigenvalue weighted by atomic mass is 9.90. The SMILES string of the molecule is COC(=O)[C@H]1CCN(Cc2nnc(C(C)C)o2)c2ccccc21. The van der Waals surface area contributed by atoms with Gasteiger partial charge in [-0.3, -0.25) is 4.79 Å². The summed E-state index contributed by atoms with van der Waals surface area (Å²) in [6, 6.07) is 7.92. The van der Waals surface area contributed by atoms with Crippen LogP contribution in [0.25, 0.3) is 0 Å². The minimum absolute atomic E-state index is 0.183. The van der Waals surface area contributed by atoms with Gasteiger partial charge in [0.1, 0.15) is 0 Å². The molecule has 1 aliphatic heterocycles. The quantitative estimate of drug-likeness (QED) is 0.808. The number of hydrogen-bond acceptors (Lipinski definition) is 6. The average Bonchev–Trinajstić information content (AvgIpc) is 3.03. The highest BCUT2D eigenvalue weighted by molar-refractivity contribution is 5.81. The molecule has 2 heterocycles. The van der Waals surface area contributed by atoms with Crippen LogP contribution in [-0.4, -0.2) is 29.8 Å². The van der Waals surface area contributed by atoms with Crippen LogP contribution in [0.1, 0.15) is 49.4 Å². The smallest absolute Gasteiger partial charge is 0.313 e. The van der Waals surface area contributed by atoms with E-state index in [4.69, 9.17) is 9.15 Å². The van der Waals surface area contributed by atoms with Gasteiger partial charge in [0.15, 0.2) is 0 Å². The number of aromatic nitrogens is 2. The maximum Gasteiger partial charge on any atom is 0.313 e. The van der Waals surface area contributed by atoms with Gasteiger partial charge in [-0.15, -0.1) is 10.2 Å². The Kier molecular flexibility index (Phi) is 4.32. The predicted molar refractivity (Wildman–Crippen MR) is 85.3 cm³/mol. The van der Waals surface area contributed by atoms with E-state index in [1.165, 1.54) is 7.11 Å². The number of rotatable bonds is 4. The summed E-state index contributed by atoms with van der Waals surface area (Å²) in [5.41, 5.74) is 2.02. The van der Waals surface area contributed by atoms with Crippen molar-refractivity contribution in [3.8, 4) is 0 Å². The van der Waals surface area contributed by atoms with Gasteiger partial charge in [-0.1, -0.05) is 32.0 Å². The maximum atomic E-state index is 12.0. The predicted octanol–water partition coefficient (Wildman–Crippen LogP) is 2.86. The highest BCUT2D eigenvalue weighted by Gasteiger charge is 2.31. The molecule has 0 N–H and O–H groups in total. The highest BCUT2D eigenvalue weighted by atomic mass is 16.5. The van der Waals surface area contributed by atoms with E-state index in [9.17, 15) is 4.79 Å². The van der Waals surface area contributed by atoms with E-state index >= 15 is 0 Å². The van der Waals surface area contributed by atoms with Crippen LogP contribution in [0.3, 0.4) is 0 Å². The summed E-state index contributed by atoms with van der Waals surface area (Å²) in [5, 5.41) is 8.20. The first kappa shape index (κ1) is 15.5. The van der Waals surface area contributed by atoms with Gasteiger partial charge in [-0.2, -0.15) is 0 Å². The van der Waals surface area contributed by atoms with Crippen molar-refractivity contribution in [2.24, 2.45) is 0 Å². The zero-order valence-electron chi connectivity index (χ0n) is 13.7. The van der Waals surface area contributed by atoms with Gasteiger partial charge < -0.3 is 14.1 Å². The molecule has 6 nitrogen and oxygen atoms in total. The van der Waals surface area contributed by atoms with E-state index in [-0.39, 0.29) is 17.8 Å². The molecule has 1 atom stereocenters. The van der Waals surface area contributed by atoms with Crippen molar-refractivity contribution in [3.63, 3.8) is 0 Å². The van der Waals surface area contributed by atoms with Crippen LogP contribution in [0.15, 0.2) is 28.7 Å². The van der Waals surface area contributed by atoms with Crippen LogP contribution in [-0.2, 0) is 16.1 Å². The van der Waals surface area contributed by atoms with Crippen LogP contribution in [0.4, 0.5) is 5.69 Å². The van der Waals surface area contributed by atoms with E-state index in [1.807, 2.05) is 38.1 Å². The molecule has 6 heteroatoms. The van der Waals surface area contributed by atoms with Crippen LogP contribution in [0.5, 0.6) is 0 Å². The summed E-state index contributed by atoms with van der Waals surface area (Å²) in [6.07, 6.45) is 0.717. The number of carbonyl (C=O) groups is 1. The fourth-order valence-corrected chi connectivity index (χ4v) is 2.91. The molecular formula is C17H21N3O3. The summed E-state index contributed by atoms with van der Waals surface area (Å²) in [7, 11) is 1.43. The molecule has 122 valence electrons. The molecule has 3 rings (SSSR count). The summed E-state index contributed by atoms with van der Waals surface area (Å²) in [6.45, 7) is 5.34.